The van der Waals surface area contributed by atoms with E-state index >= 15 is 0 Å². The van der Waals surface area contributed by atoms with E-state index in [1.807, 2.05) is 6.07 Å². The van der Waals surface area contributed by atoms with E-state index in [1.54, 1.807) is 6.07 Å². The summed E-state index contributed by atoms with van der Waals surface area (Å²) in [4.78, 5) is 11.5. The van der Waals surface area contributed by atoms with Crippen LogP contribution in [-0.2, 0) is 6.42 Å². The quantitative estimate of drug-likeness (QED) is 0.885. The standard InChI is InChI=1S/C19H22FN5/c1-3-5-15-11-18(25-9-4-6-13(25)2)24-19(22-15)23-16-7-8-17(20)14(10-16)12-21/h7-8,10-11,13H,3-6,9H2,1-2H3,(H,22,23,24)/t13-/m1/s1. The number of rotatable bonds is 5. The number of halogens is 1. The van der Waals surface area contributed by atoms with Crippen molar-refractivity contribution >= 4 is 17.5 Å². The molecule has 2 aromatic rings. The molecule has 130 valence electrons. The van der Waals surface area contributed by atoms with Crippen LogP contribution < -0.4 is 10.2 Å². The maximum atomic E-state index is 13.5. The summed E-state index contributed by atoms with van der Waals surface area (Å²) in [6.45, 7) is 5.33. The molecule has 0 saturated carbocycles. The average molecular weight is 339 g/mol. The van der Waals surface area contributed by atoms with Gasteiger partial charge in [0.05, 0.1) is 5.56 Å². The van der Waals surface area contributed by atoms with Gasteiger partial charge in [0.25, 0.3) is 0 Å². The van der Waals surface area contributed by atoms with Gasteiger partial charge in [-0.25, -0.2) is 9.37 Å². The van der Waals surface area contributed by atoms with Crippen LogP contribution in [0.3, 0.4) is 0 Å². The Morgan fingerprint density at radius 1 is 1.36 bits per heavy atom. The summed E-state index contributed by atoms with van der Waals surface area (Å²) in [6.07, 6.45) is 4.21. The summed E-state index contributed by atoms with van der Waals surface area (Å²) in [5, 5.41) is 12.1. The second-order valence-corrected chi connectivity index (χ2v) is 6.41. The fourth-order valence-electron chi connectivity index (χ4n) is 3.16. The second kappa shape index (κ2) is 7.47. The molecule has 1 N–H and O–H groups in total. The van der Waals surface area contributed by atoms with E-state index < -0.39 is 5.82 Å². The second-order valence-electron chi connectivity index (χ2n) is 6.41. The summed E-state index contributed by atoms with van der Waals surface area (Å²) in [5.41, 5.74) is 1.59. The SMILES string of the molecule is CCCc1cc(N2CCC[C@H]2C)nc(Nc2ccc(F)c(C#N)c2)n1. The number of hydrogen-bond donors (Lipinski definition) is 1. The van der Waals surface area contributed by atoms with Crippen LogP contribution in [0.2, 0.25) is 0 Å². The highest BCUT2D eigenvalue weighted by atomic mass is 19.1. The maximum Gasteiger partial charge on any atom is 0.229 e. The lowest BCUT2D eigenvalue weighted by Crippen LogP contribution is -2.27. The van der Waals surface area contributed by atoms with E-state index in [0.29, 0.717) is 17.7 Å². The van der Waals surface area contributed by atoms with Crippen molar-refractivity contribution < 1.29 is 4.39 Å². The van der Waals surface area contributed by atoms with Crippen LogP contribution in [0.15, 0.2) is 24.3 Å². The van der Waals surface area contributed by atoms with E-state index in [-0.39, 0.29) is 5.56 Å². The van der Waals surface area contributed by atoms with Crippen molar-refractivity contribution in [3.8, 4) is 6.07 Å². The van der Waals surface area contributed by atoms with Gasteiger partial charge in [-0.15, -0.1) is 0 Å². The van der Waals surface area contributed by atoms with Gasteiger partial charge in [-0.3, -0.25) is 0 Å². The van der Waals surface area contributed by atoms with E-state index in [9.17, 15) is 4.39 Å². The van der Waals surface area contributed by atoms with Crippen molar-refractivity contribution in [2.45, 2.75) is 45.6 Å². The van der Waals surface area contributed by atoms with E-state index in [1.165, 1.54) is 25.0 Å². The molecule has 1 aromatic heterocycles. The molecule has 3 rings (SSSR count). The number of nitrogens with zero attached hydrogens (tertiary/aromatic N) is 4. The van der Waals surface area contributed by atoms with E-state index in [4.69, 9.17) is 5.26 Å². The number of benzene rings is 1. The van der Waals surface area contributed by atoms with Crippen molar-refractivity contribution in [2.24, 2.45) is 0 Å². The lowest BCUT2D eigenvalue weighted by atomic mass is 10.2. The zero-order valence-corrected chi connectivity index (χ0v) is 14.6. The molecule has 1 aliphatic rings. The maximum absolute atomic E-state index is 13.5. The van der Waals surface area contributed by atoms with Gasteiger partial charge < -0.3 is 10.2 Å². The van der Waals surface area contributed by atoms with Crippen molar-refractivity contribution in [1.29, 1.82) is 5.26 Å². The monoisotopic (exact) mass is 339 g/mol. The minimum Gasteiger partial charge on any atom is -0.354 e. The van der Waals surface area contributed by atoms with Gasteiger partial charge in [0.15, 0.2) is 0 Å². The van der Waals surface area contributed by atoms with Crippen LogP contribution >= 0.6 is 0 Å². The topological polar surface area (TPSA) is 64.8 Å². The minimum absolute atomic E-state index is 0.00287. The molecule has 1 atom stereocenters. The molecule has 1 aliphatic heterocycles. The highest BCUT2D eigenvalue weighted by Crippen LogP contribution is 2.26. The Balaban J connectivity index is 1.92. The Morgan fingerprint density at radius 3 is 2.88 bits per heavy atom. The summed E-state index contributed by atoms with van der Waals surface area (Å²) < 4.78 is 13.5. The molecule has 0 bridgehead atoms. The fraction of sp³-hybridized carbons (Fsp3) is 0.421. The molecule has 0 amide bonds. The van der Waals surface area contributed by atoms with Gasteiger partial charge in [0.2, 0.25) is 5.95 Å². The first-order valence-corrected chi connectivity index (χ1v) is 8.72. The van der Waals surface area contributed by atoms with Crippen molar-refractivity contribution in [3.05, 3.63) is 41.3 Å². The Morgan fingerprint density at radius 2 is 2.20 bits per heavy atom. The number of anilines is 3. The predicted molar refractivity (Wildman–Crippen MR) is 96.5 cm³/mol. The van der Waals surface area contributed by atoms with Gasteiger partial charge in [0, 0.05) is 30.0 Å². The number of aryl methyl sites for hydroxylation is 1. The zero-order chi connectivity index (χ0) is 17.8. The summed E-state index contributed by atoms with van der Waals surface area (Å²) in [7, 11) is 0. The number of nitrogens with one attached hydrogen (secondary N) is 1. The van der Waals surface area contributed by atoms with Gasteiger partial charge in [-0.1, -0.05) is 13.3 Å². The van der Waals surface area contributed by atoms with Crippen LogP contribution in [-0.4, -0.2) is 22.6 Å². The molecule has 0 radical (unpaired) electrons. The molecule has 25 heavy (non-hydrogen) atoms. The minimum atomic E-state index is -0.528. The molecule has 2 heterocycles. The summed E-state index contributed by atoms with van der Waals surface area (Å²) in [6, 6.07) is 8.72. The Hall–Kier alpha value is -2.68. The summed E-state index contributed by atoms with van der Waals surface area (Å²) >= 11 is 0. The molecule has 0 unspecified atom stereocenters. The zero-order valence-electron chi connectivity index (χ0n) is 14.6. The van der Waals surface area contributed by atoms with Crippen LogP contribution in [0.25, 0.3) is 0 Å². The Bertz CT molecular complexity index is 799. The van der Waals surface area contributed by atoms with Crippen LogP contribution in [0, 0.1) is 17.1 Å². The molecular formula is C19H22FN5. The van der Waals surface area contributed by atoms with Crippen molar-refractivity contribution in [3.63, 3.8) is 0 Å². The normalized spacial score (nSPS) is 16.7. The smallest absolute Gasteiger partial charge is 0.229 e. The Kier molecular flexibility index (Phi) is 5.13. The molecule has 0 spiro atoms. The fourth-order valence-corrected chi connectivity index (χ4v) is 3.16. The molecular weight excluding hydrogens is 317 g/mol. The third kappa shape index (κ3) is 3.87. The molecule has 5 nitrogen and oxygen atoms in total. The first kappa shape index (κ1) is 17.2. The summed E-state index contributed by atoms with van der Waals surface area (Å²) in [5.74, 6) is 0.879. The Labute approximate surface area is 147 Å². The molecule has 1 aromatic carbocycles. The van der Waals surface area contributed by atoms with E-state index in [0.717, 1.165) is 30.9 Å². The molecule has 1 fully saturated rings. The van der Waals surface area contributed by atoms with Gasteiger partial charge in [-0.2, -0.15) is 10.2 Å². The van der Waals surface area contributed by atoms with Crippen LogP contribution in [0.1, 0.15) is 44.4 Å². The predicted octanol–water partition coefficient (Wildman–Crippen LogP) is 4.17. The first-order valence-electron chi connectivity index (χ1n) is 8.72. The molecule has 0 aliphatic carbocycles. The van der Waals surface area contributed by atoms with Crippen LogP contribution in [0.5, 0.6) is 0 Å². The highest BCUT2D eigenvalue weighted by Gasteiger charge is 2.22. The van der Waals surface area contributed by atoms with Crippen molar-refractivity contribution in [1.82, 2.24) is 9.97 Å². The number of nitriles is 1. The third-order valence-corrected chi connectivity index (χ3v) is 4.46. The average Bonchev–Trinajstić information content (AvgIpc) is 3.03. The van der Waals surface area contributed by atoms with Crippen molar-refractivity contribution in [2.75, 3.05) is 16.8 Å². The first-order chi connectivity index (χ1) is 12.1. The van der Waals surface area contributed by atoms with E-state index in [2.05, 4.69) is 40.1 Å². The van der Waals surface area contributed by atoms with Gasteiger partial charge >= 0.3 is 0 Å². The third-order valence-electron chi connectivity index (χ3n) is 4.46. The lowest BCUT2D eigenvalue weighted by molar-refractivity contribution is 0.624. The highest BCUT2D eigenvalue weighted by molar-refractivity contribution is 5.58. The number of hydrogen-bond acceptors (Lipinski definition) is 5. The number of aromatic nitrogens is 2. The van der Waals surface area contributed by atoms with Crippen LogP contribution in [0.4, 0.5) is 21.8 Å². The molecule has 1 saturated heterocycles. The largest absolute Gasteiger partial charge is 0.354 e. The van der Waals surface area contributed by atoms with Gasteiger partial charge in [0.1, 0.15) is 17.7 Å². The molecule has 6 heteroatoms. The lowest BCUT2D eigenvalue weighted by Gasteiger charge is -2.23. The van der Waals surface area contributed by atoms with Gasteiger partial charge in [-0.05, 0) is 44.4 Å².